The molecule has 0 spiro atoms. The quantitative estimate of drug-likeness (QED) is 0.384. The third-order valence-corrected chi connectivity index (χ3v) is 0.459. The molecule has 0 fully saturated rings. The Morgan fingerprint density at radius 2 is 2.00 bits per heavy atom. The molecule has 0 aromatic heterocycles. The number of rotatable bonds is 0. The maximum absolute atomic E-state index is 9.23. The Bertz CT molecular complexity index is 173. The summed E-state index contributed by atoms with van der Waals surface area (Å²) in [4.78, 5) is 9.23. The van der Waals surface area contributed by atoms with E-state index in [0.29, 0.717) is 6.29 Å². The first-order chi connectivity index (χ1) is 4.83. The zero-order valence-electron chi connectivity index (χ0n) is 6.14. The zero-order chi connectivity index (χ0) is 8.24. The van der Waals surface area contributed by atoms with Gasteiger partial charge in [-0.2, -0.15) is 0 Å². The van der Waals surface area contributed by atoms with Crippen molar-refractivity contribution in [2.75, 3.05) is 6.61 Å². The number of carbonyl (C=O) groups excluding carboxylic acids is 1. The minimum absolute atomic E-state index is 0.0174. The number of hydrogen-bond acceptors (Lipinski definition) is 2. The molecule has 2 nitrogen and oxygen atoms in total. The van der Waals surface area contributed by atoms with Crippen LogP contribution in [-0.2, 0) is 4.79 Å². The van der Waals surface area contributed by atoms with Crippen LogP contribution in [0.2, 0.25) is 0 Å². The molecule has 2 heteroatoms. The Morgan fingerprint density at radius 3 is 2.00 bits per heavy atom. The average molecular weight is 138 g/mol. The summed E-state index contributed by atoms with van der Waals surface area (Å²) in [6.07, 6.45) is 0.569. The number of hydrogen-bond donors (Lipinski definition) is 1. The standard InChI is InChI=1S/C4H6O.C4H4O/c2*1-2-3-4-5/h5H,4H2,1H3;4H,1H3. The molecule has 10 heavy (non-hydrogen) atoms. The Kier molecular flexibility index (Phi) is 18.1. The number of aliphatic hydroxyl groups is 1. The van der Waals surface area contributed by atoms with Crippen LogP contribution in [-0.4, -0.2) is 18.0 Å². The number of aldehydes is 1. The van der Waals surface area contributed by atoms with E-state index < -0.39 is 0 Å². The predicted octanol–water partition coefficient (Wildman–Crippen LogP) is 0.211. The summed E-state index contributed by atoms with van der Waals surface area (Å²) < 4.78 is 0. The van der Waals surface area contributed by atoms with Gasteiger partial charge in [0.25, 0.3) is 0 Å². The van der Waals surface area contributed by atoms with E-state index in [1.807, 2.05) is 0 Å². The SMILES string of the molecule is CC#CC=O.CC#CCO. The molecule has 0 radical (unpaired) electrons. The van der Waals surface area contributed by atoms with Crippen molar-refractivity contribution in [1.82, 2.24) is 0 Å². The van der Waals surface area contributed by atoms with Gasteiger partial charge in [-0.1, -0.05) is 11.8 Å². The van der Waals surface area contributed by atoms with Crippen LogP contribution in [0.15, 0.2) is 0 Å². The summed E-state index contributed by atoms with van der Waals surface area (Å²) in [5, 5.41) is 7.89. The van der Waals surface area contributed by atoms with Gasteiger partial charge in [-0.15, -0.1) is 5.92 Å². The van der Waals surface area contributed by atoms with Gasteiger partial charge in [-0.25, -0.2) is 0 Å². The molecule has 0 aliphatic carbocycles. The van der Waals surface area contributed by atoms with Crippen molar-refractivity contribution in [1.29, 1.82) is 0 Å². The van der Waals surface area contributed by atoms with Crippen molar-refractivity contribution in [2.24, 2.45) is 0 Å². The topological polar surface area (TPSA) is 37.3 Å². The second-order valence-corrected chi connectivity index (χ2v) is 1.10. The van der Waals surface area contributed by atoms with Crippen LogP contribution in [0.5, 0.6) is 0 Å². The van der Waals surface area contributed by atoms with E-state index in [-0.39, 0.29) is 6.61 Å². The molecule has 0 atom stereocenters. The Labute approximate surface area is 61.3 Å². The molecule has 0 aliphatic rings. The van der Waals surface area contributed by atoms with Crippen molar-refractivity contribution >= 4 is 6.29 Å². The zero-order valence-corrected chi connectivity index (χ0v) is 6.14. The molecule has 0 saturated heterocycles. The van der Waals surface area contributed by atoms with E-state index in [2.05, 4.69) is 23.7 Å². The summed E-state index contributed by atoms with van der Waals surface area (Å²) in [6.45, 7) is 3.29. The van der Waals surface area contributed by atoms with Crippen LogP contribution in [0.4, 0.5) is 0 Å². The van der Waals surface area contributed by atoms with Crippen molar-refractivity contribution < 1.29 is 9.90 Å². The molecule has 0 unspecified atom stereocenters. The van der Waals surface area contributed by atoms with Crippen LogP contribution in [0.1, 0.15) is 13.8 Å². The molecule has 0 aromatic carbocycles. The van der Waals surface area contributed by atoms with Gasteiger partial charge in [-0.05, 0) is 19.8 Å². The lowest BCUT2D eigenvalue weighted by Crippen LogP contribution is -1.66. The molecule has 1 N–H and O–H groups in total. The number of carbonyl (C=O) groups is 1. The minimum atomic E-state index is -0.0174. The van der Waals surface area contributed by atoms with Crippen LogP contribution in [0, 0.1) is 23.7 Å². The molecule has 0 aromatic rings. The van der Waals surface area contributed by atoms with Gasteiger partial charge in [0, 0.05) is 0 Å². The highest BCUT2D eigenvalue weighted by molar-refractivity contribution is 5.72. The largest absolute Gasteiger partial charge is 0.384 e. The first-order valence-corrected chi connectivity index (χ1v) is 2.69. The first kappa shape index (κ1) is 11.5. The maximum Gasteiger partial charge on any atom is 0.192 e. The normalized spacial score (nSPS) is 4.70. The van der Waals surface area contributed by atoms with Gasteiger partial charge in [0.1, 0.15) is 6.61 Å². The van der Waals surface area contributed by atoms with Gasteiger partial charge in [-0.3, -0.25) is 4.79 Å². The number of aliphatic hydroxyl groups excluding tert-OH is 1. The predicted molar refractivity (Wildman–Crippen MR) is 40.0 cm³/mol. The summed E-state index contributed by atoms with van der Waals surface area (Å²) >= 11 is 0. The highest BCUT2D eigenvalue weighted by atomic mass is 16.2. The van der Waals surface area contributed by atoms with Crippen LogP contribution >= 0.6 is 0 Å². The lowest BCUT2D eigenvalue weighted by molar-refractivity contribution is -0.103. The molecular weight excluding hydrogens is 128 g/mol. The van der Waals surface area contributed by atoms with E-state index in [1.54, 1.807) is 13.8 Å². The molecule has 0 amide bonds. The third-order valence-electron chi connectivity index (χ3n) is 0.459. The minimum Gasteiger partial charge on any atom is -0.384 e. The fourth-order valence-corrected chi connectivity index (χ4v) is 0.138. The fraction of sp³-hybridized carbons (Fsp3) is 0.375. The van der Waals surface area contributed by atoms with E-state index in [9.17, 15) is 4.79 Å². The fourth-order valence-electron chi connectivity index (χ4n) is 0.138. The molecule has 0 aliphatic heterocycles. The van der Waals surface area contributed by atoms with Gasteiger partial charge in [0.05, 0.1) is 0 Å². The molecule has 0 heterocycles. The van der Waals surface area contributed by atoms with Gasteiger partial charge >= 0.3 is 0 Å². The van der Waals surface area contributed by atoms with Crippen molar-refractivity contribution in [2.45, 2.75) is 13.8 Å². The average Bonchev–Trinajstić information content (AvgIpc) is 1.93. The monoisotopic (exact) mass is 138 g/mol. The van der Waals surface area contributed by atoms with Gasteiger partial charge in [0.2, 0.25) is 0 Å². The Morgan fingerprint density at radius 1 is 1.40 bits per heavy atom. The van der Waals surface area contributed by atoms with Crippen LogP contribution in [0.25, 0.3) is 0 Å². The van der Waals surface area contributed by atoms with Crippen molar-refractivity contribution in [3.05, 3.63) is 0 Å². The van der Waals surface area contributed by atoms with E-state index in [0.717, 1.165) is 0 Å². The van der Waals surface area contributed by atoms with E-state index in [1.165, 1.54) is 0 Å². The Hall–Kier alpha value is -1.25. The van der Waals surface area contributed by atoms with Gasteiger partial charge < -0.3 is 5.11 Å². The van der Waals surface area contributed by atoms with Gasteiger partial charge in [0.15, 0.2) is 6.29 Å². The van der Waals surface area contributed by atoms with Crippen molar-refractivity contribution in [3.63, 3.8) is 0 Å². The second-order valence-electron chi connectivity index (χ2n) is 1.10. The molecule has 0 bridgehead atoms. The van der Waals surface area contributed by atoms with Crippen LogP contribution in [0.3, 0.4) is 0 Å². The third kappa shape index (κ3) is 29.5. The smallest absolute Gasteiger partial charge is 0.192 e. The summed E-state index contributed by atoms with van der Waals surface area (Å²) in [6, 6.07) is 0. The lowest BCUT2D eigenvalue weighted by Gasteiger charge is -1.60. The first-order valence-electron chi connectivity index (χ1n) is 2.69. The van der Waals surface area contributed by atoms with Crippen molar-refractivity contribution in [3.8, 4) is 23.7 Å². The lowest BCUT2D eigenvalue weighted by atomic mass is 10.6. The summed E-state index contributed by atoms with van der Waals surface area (Å²) in [5.74, 6) is 9.51. The molecule has 0 saturated carbocycles. The van der Waals surface area contributed by atoms with E-state index in [4.69, 9.17) is 5.11 Å². The molecular formula is C8H10O2. The van der Waals surface area contributed by atoms with Crippen LogP contribution < -0.4 is 0 Å². The molecule has 0 rings (SSSR count). The molecule has 54 valence electrons. The highest BCUT2D eigenvalue weighted by Crippen LogP contribution is 1.44. The summed E-state index contributed by atoms with van der Waals surface area (Å²) in [5.41, 5.74) is 0. The van der Waals surface area contributed by atoms with E-state index >= 15 is 0 Å². The highest BCUT2D eigenvalue weighted by Gasteiger charge is 1.48. The summed E-state index contributed by atoms with van der Waals surface area (Å²) in [7, 11) is 0. The maximum atomic E-state index is 9.23. The Balaban J connectivity index is 0. The second kappa shape index (κ2) is 15.7.